The third-order valence-corrected chi connectivity index (χ3v) is 4.61. The predicted octanol–water partition coefficient (Wildman–Crippen LogP) is 3.14. The van der Waals surface area contributed by atoms with Gasteiger partial charge in [-0.3, -0.25) is 9.78 Å². The van der Waals surface area contributed by atoms with Crippen molar-refractivity contribution in [2.24, 2.45) is 0 Å². The number of pyridine rings is 2. The number of halogens is 1. The van der Waals surface area contributed by atoms with E-state index in [0.29, 0.717) is 17.3 Å². The summed E-state index contributed by atoms with van der Waals surface area (Å²) in [5.74, 6) is -0.0631. The van der Waals surface area contributed by atoms with Crippen LogP contribution in [0.1, 0.15) is 34.6 Å². The Labute approximate surface area is 138 Å². The number of rotatable bonds is 1. The fourth-order valence-corrected chi connectivity index (χ4v) is 3.29. The van der Waals surface area contributed by atoms with Crippen LogP contribution >= 0.6 is 11.6 Å². The minimum atomic E-state index is -0.0631. The highest BCUT2D eigenvalue weighted by Crippen LogP contribution is 2.29. The number of fused-ring (bicyclic) bond motifs is 2. The molecule has 0 radical (unpaired) electrons. The first-order chi connectivity index (χ1) is 11.1. The summed E-state index contributed by atoms with van der Waals surface area (Å²) < 4.78 is 1.64. The van der Waals surface area contributed by atoms with Gasteiger partial charge < -0.3 is 4.90 Å². The van der Waals surface area contributed by atoms with Gasteiger partial charge in [-0.15, -0.1) is 0 Å². The molecule has 23 heavy (non-hydrogen) atoms. The van der Waals surface area contributed by atoms with Crippen molar-refractivity contribution in [2.75, 3.05) is 6.54 Å². The van der Waals surface area contributed by atoms with Crippen molar-refractivity contribution in [3.8, 4) is 0 Å². The lowest BCUT2D eigenvalue weighted by molar-refractivity contribution is 0.0671. The fraction of sp³-hybridized carbons (Fsp3) is 0.235. The molecular formula is C17H15ClN4O. The molecule has 0 bridgehead atoms. The number of carbonyl (C=O) groups excluding carboxylic acids is 1. The van der Waals surface area contributed by atoms with Gasteiger partial charge in [-0.2, -0.15) is 5.10 Å². The Morgan fingerprint density at radius 3 is 3.09 bits per heavy atom. The van der Waals surface area contributed by atoms with Crippen LogP contribution in [-0.2, 0) is 6.42 Å². The average molecular weight is 327 g/mol. The number of hydrogen-bond donors (Lipinski definition) is 0. The molecule has 6 heteroatoms. The Kier molecular flexibility index (Phi) is 3.31. The number of aromatic nitrogens is 3. The van der Waals surface area contributed by atoms with Crippen LogP contribution < -0.4 is 0 Å². The molecule has 1 aliphatic rings. The molecule has 0 aliphatic carbocycles. The van der Waals surface area contributed by atoms with E-state index in [-0.39, 0.29) is 11.9 Å². The zero-order valence-electron chi connectivity index (χ0n) is 12.6. The second-order valence-electron chi connectivity index (χ2n) is 5.75. The molecule has 0 spiro atoms. The Balaban J connectivity index is 1.68. The summed E-state index contributed by atoms with van der Waals surface area (Å²) in [6.07, 6.45) is 6.19. The van der Waals surface area contributed by atoms with Gasteiger partial charge in [0.1, 0.15) is 0 Å². The predicted molar refractivity (Wildman–Crippen MR) is 87.6 cm³/mol. The van der Waals surface area contributed by atoms with E-state index in [4.69, 9.17) is 11.6 Å². The normalized spacial score (nSPS) is 17.3. The first-order valence-electron chi connectivity index (χ1n) is 7.52. The second-order valence-corrected chi connectivity index (χ2v) is 6.18. The molecule has 3 aromatic rings. The van der Waals surface area contributed by atoms with Crippen molar-refractivity contribution < 1.29 is 4.79 Å². The molecule has 0 fully saturated rings. The summed E-state index contributed by atoms with van der Waals surface area (Å²) in [5, 5.41) is 4.95. The highest BCUT2D eigenvalue weighted by atomic mass is 35.5. The third kappa shape index (κ3) is 2.37. The van der Waals surface area contributed by atoms with Gasteiger partial charge >= 0.3 is 0 Å². The summed E-state index contributed by atoms with van der Waals surface area (Å²) in [6, 6.07) is 7.46. The molecule has 0 saturated carbocycles. The van der Waals surface area contributed by atoms with Gasteiger partial charge in [-0.25, -0.2) is 4.52 Å². The van der Waals surface area contributed by atoms with E-state index in [0.717, 1.165) is 17.5 Å². The molecule has 5 nitrogen and oxygen atoms in total. The molecule has 1 atom stereocenters. The van der Waals surface area contributed by atoms with Crippen molar-refractivity contribution >= 4 is 23.0 Å². The monoisotopic (exact) mass is 326 g/mol. The van der Waals surface area contributed by atoms with Gasteiger partial charge in [-0.05, 0) is 48.7 Å². The molecule has 4 rings (SSSR count). The van der Waals surface area contributed by atoms with Gasteiger partial charge in [0.05, 0.1) is 16.6 Å². The minimum absolute atomic E-state index is 0.00616. The largest absolute Gasteiger partial charge is 0.330 e. The van der Waals surface area contributed by atoms with Crippen LogP contribution in [0.3, 0.4) is 0 Å². The maximum absolute atomic E-state index is 12.9. The number of amides is 1. The Hall–Kier alpha value is -2.40. The van der Waals surface area contributed by atoms with Crippen molar-refractivity contribution in [1.82, 2.24) is 19.5 Å². The van der Waals surface area contributed by atoms with Crippen LogP contribution in [0.5, 0.6) is 0 Å². The van der Waals surface area contributed by atoms with E-state index >= 15 is 0 Å². The van der Waals surface area contributed by atoms with Crippen LogP contribution in [0.15, 0.2) is 42.9 Å². The molecule has 0 N–H and O–H groups in total. The lowest BCUT2D eigenvalue weighted by Gasteiger charge is -2.34. The third-order valence-electron chi connectivity index (χ3n) is 4.39. The van der Waals surface area contributed by atoms with Gasteiger partial charge in [0, 0.05) is 25.1 Å². The van der Waals surface area contributed by atoms with Gasteiger partial charge in [0.2, 0.25) is 0 Å². The first kappa shape index (κ1) is 14.2. The quantitative estimate of drug-likeness (QED) is 0.690. The fourth-order valence-electron chi connectivity index (χ4n) is 3.13. The maximum Gasteiger partial charge on any atom is 0.274 e. The van der Waals surface area contributed by atoms with E-state index in [1.165, 1.54) is 5.56 Å². The lowest BCUT2D eigenvalue weighted by Crippen LogP contribution is -2.39. The lowest BCUT2D eigenvalue weighted by atomic mass is 9.95. The van der Waals surface area contributed by atoms with Crippen molar-refractivity contribution in [1.29, 1.82) is 0 Å². The summed E-state index contributed by atoms with van der Waals surface area (Å²) in [6.45, 7) is 2.72. The molecule has 3 aromatic heterocycles. The van der Waals surface area contributed by atoms with Gasteiger partial charge in [0.25, 0.3) is 5.91 Å². The summed E-state index contributed by atoms with van der Waals surface area (Å²) in [4.78, 5) is 18.9. The second kappa shape index (κ2) is 5.35. The zero-order valence-corrected chi connectivity index (χ0v) is 13.4. The van der Waals surface area contributed by atoms with Crippen LogP contribution in [0, 0.1) is 0 Å². The summed E-state index contributed by atoms with van der Waals surface area (Å²) in [7, 11) is 0. The van der Waals surface area contributed by atoms with E-state index < -0.39 is 0 Å². The topological polar surface area (TPSA) is 50.5 Å². The Morgan fingerprint density at radius 2 is 2.22 bits per heavy atom. The molecule has 4 heterocycles. The maximum atomic E-state index is 12.9. The number of carbonyl (C=O) groups is 1. The van der Waals surface area contributed by atoms with E-state index in [1.54, 1.807) is 29.0 Å². The molecule has 1 unspecified atom stereocenters. The Bertz CT molecular complexity index is 904. The van der Waals surface area contributed by atoms with Gasteiger partial charge in [-0.1, -0.05) is 11.6 Å². The van der Waals surface area contributed by atoms with E-state index in [1.807, 2.05) is 30.2 Å². The minimum Gasteiger partial charge on any atom is -0.330 e. The summed E-state index contributed by atoms with van der Waals surface area (Å²) in [5.41, 5.74) is 3.66. The molecule has 0 aromatic carbocycles. The number of nitrogens with zero attached hydrogens (tertiary/aromatic N) is 4. The summed E-state index contributed by atoms with van der Waals surface area (Å²) >= 11 is 5.97. The Morgan fingerprint density at radius 1 is 1.35 bits per heavy atom. The van der Waals surface area contributed by atoms with Crippen LogP contribution in [0.2, 0.25) is 5.02 Å². The first-order valence-corrected chi connectivity index (χ1v) is 7.90. The number of hydrogen-bond acceptors (Lipinski definition) is 3. The van der Waals surface area contributed by atoms with E-state index in [9.17, 15) is 4.79 Å². The average Bonchev–Trinajstić information content (AvgIpc) is 2.98. The molecule has 1 aliphatic heterocycles. The molecule has 1 amide bonds. The van der Waals surface area contributed by atoms with Crippen molar-refractivity contribution in [3.63, 3.8) is 0 Å². The molecule has 0 saturated heterocycles. The van der Waals surface area contributed by atoms with Crippen LogP contribution in [-0.4, -0.2) is 31.9 Å². The van der Waals surface area contributed by atoms with Crippen LogP contribution in [0.25, 0.3) is 5.52 Å². The zero-order chi connectivity index (χ0) is 16.0. The van der Waals surface area contributed by atoms with E-state index in [2.05, 4.69) is 10.1 Å². The molecular weight excluding hydrogens is 312 g/mol. The smallest absolute Gasteiger partial charge is 0.274 e. The standard InChI is InChI=1S/C17H15ClN4O/c1-11-15-9-19-6-4-12(15)5-7-21(11)17(23)16-8-14-3-2-13(18)10-22(14)20-16/h2-4,6,8-11H,5,7H2,1H3. The van der Waals surface area contributed by atoms with Crippen molar-refractivity contribution in [2.45, 2.75) is 19.4 Å². The van der Waals surface area contributed by atoms with Crippen LogP contribution in [0.4, 0.5) is 0 Å². The van der Waals surface area contributed by atoms with Gasteiger partial charge in [0.15, 0.2) is 5.69 Å². The van der Waals surface area contributed by atoms with Crippen molar-refractivity contribution in [3.05, 3.63) is 64.7 Å². The highest BCUT2D eigenvalue weighted by molar-refractivity contribution is 6.30. The molecule has 116 valence electrons. The SMILES string of the molecule is CC1c2cnccc2CCN1C(=O)c1cc2ccc(Cl)cn2n1. The highest BCUT2D eigenvalue weighted by Gasteiger charge is 2.29.